The number of aliphatic carboxylic acids is 1. The maximum Gasteiger partial charge on any atom is 0.305 e. The third-order valence-electron chi connectivity index (χ3n) is 4.74. The minimum Gasteiger partial charge on any atom is -0.488 e. The highest BCUT2D eigenvalue weighted by Crippen LogP contribution is 2.28. The Bertz CT molecular complexity index is 1240. The summed E-state index contributed by atoms with van der Waals surface area (Å²) in [5.41, 5.74) is 1.59. The lowest BCUT2D eigenvalue weighted by atomic mass is 10.0. The SMILES string of the molecule is O=C(O)C[C@@H]1S/C(=N\N=C/c2c(OCc3ccccc3Cl)ccc3ccccc23)NC1=O. The highest BCUT2D eigenvalue weighted by atomic mass is 35.5. The van der Waals surface area contributed by atoms with Gasteiger partial charge >= 0.3 is 5.97 Å². The molecule has 0 aromatic heterocycles. The zero-order chi connectivity index (χ0) is 22.5. The number of ether oxygens (including phenoxy) is 1. The molecule has 1 aliphatic heterocycles. The first-order valence-electron chi connectivity index (χ1n) is 9.69. The molecule has 0 saturated carbocycles. The average Bonchev–Trinajstić information content (AvgIpc) is 3.12. The van der Waals surface area contributed by atoms with Crippen LogP contribution in [-0.2, 0) is 16.2 Å². The number of carboxylic acid groups (broad SMARTS) is 1. The molecule has 1 aliphatic rings. The molecule has 1 fully saturated rings. The van der Waals surface area contributed by atoms with E-state index in [2.05, 4.69) is 15.5 Å². The highest BCUT2D eigenvalue weighted by Gasteiger charge is 2.32. The fourth-order valence-electron chi connectivity index (χ4n) is 3.19. The summed E-state index contributed by atoms with van der Waals surface area (Å²) in [6.07, 6.45) is 1.29. The van der Waals surface area contributed by atoms with Gasteiger partial charge in [-0.3, -0.25) is 9.59 Å². The van der Waals surface area contributed by atoms with Crippen LogP contribution in [0.5, 0.6) is 5.75 Å². The van der Waals surface area contributed by atoms with Crippen molar-refractivity contribution >= 4 is 57.4 Å². The van der Waals surface area contributed by atoms with E-state index in [1.165, 1.54) is 0 Å². The first-order valence-corrected chi connectivity index (χ1v) is 11.0. The Balaban J connectivity index is 1.59. The lowest BCUT2D eigenvalue weighted by molar-refractivity contribution is -0.138. The van der Waals surface area contributed by atoms with Crippen LogP contribution in [0.25, 0.3) is 10.8 Å². The molecule has 0 bridgehead atoms. The van der Waals surface area contributed by atoms with E-state index in [9.17, 15) is 9.59 Å². The predicted octanol–water partition coefficient (Wildman–Crippen LogP) is 4.47. The van der Waals surface area contributed by atoms with E-state index < -0.39 is 11.2 Å². The second-order valence-corrected chi connectivity index (χ2v) is 8.52. The molecule has 2 N–H and O–H groups in total. The number of carbonyl (C=O) groups excluding carboxylic acids is 1. The molecule has 0 spiro atoms. The highest BCUT2D eigenvalue weighted by molar-refractivity contribution is 8.15. The van der Waals surface area contributed by atoms with Crippen LogP contribution < -0.4 is 10.1 Å². The summed E-state index contributed by atoms with van der Waals surface area (Å²) in [5.74, 6) is -0.821. The molecular weight excluding hydrogens is 450 g/mol. The molecular formula is C23H18ClN3O4S. The number of halogens is 1. The van der Waals surface area contributed by atoms with Crippen molar-refractivity contribution in [2.24, 2.45) is 10.2 Å². The molecule has 32 heavy (non-hydrogen) atoms. The molecule has 0 unspecified atom stereocenters. The van der Waals surface area contributed by atoms with Crippen molar-refractivity contribution in [2.75, 3.05) is 0 Å². The van der Waals surface area contributed by atoms with E-state index in [1.807, 2.05) is 60.7 Å². The van der Waals surface area contributed by atoms with Crippen molar-refractivity contribution in [1.29, 1.82) is 0 Å². The lowest BCUT2D eigenvalue weighted by Crippen LogP contribution is -2.26. The van der Waals surface area contributed by atoms with Crippen LogP contribution in [0, 0.1) is 0 Å². The lowest BCUT2D eigenvalue weighted by Gasteiger charge is -2.12. The topological polar surface area (TPSA) is 100 Å². The number of nitrogens with one attached hydrogen (secondary N) is 1. The maximum atomic E-state index is 11.9. The number of benzene rings is 3. The van der Waals surface area contributed by atoms with Crippen LogP contribution in [0.15, 0.2) is 70.9 Å². The normalized spacial score (nSPS) is 17.2. The monoisotopic (exact) mass is 467 g/mol. The van der Waals surface area contributed by atoms with E-state index in [1.54, 1.807) is 6.21 Å². The summed E-state index contributed by atoms with van der Waals surface area (Å²) in [7, 11) is 0. The number of nitrogens with zero attached hydrogens (tertiary/aromatic N) is 2. The Morgan fingerprint density at radius 2 is 1.94 bits per heavy atom. The van der Waals surface area contributed by atoms with Gasteiger partial charge in [0.1, 0.15) is 17.6 Å². The Labute approximate surface area is 193 Å². The Morgan fingerprint density at radius 3 is 2.75 bits per heavy atom. The summed E-state index contributed by atoms with van der Waals surface area (Å²) < 4.78 is 6.05. The van der Waals surface area contributed by atoms with Crippen molar-refractivity contribution in [1.82, 2.24) is 5.32 Å². The van der Waals surface area contributed by atoms with Crippen LogP contribution in [0.4, 0.5) is 0 Å². The van der Waals surface area contributed by atoms with Gasteiger partial charge in [0.15, 0.2) is 5.17 Å². The molecule has 9 heteroatoms. The Kier molecular flexibility index (Phi) is 6.72. The van der Waals surface area contributed by atoms with Gasteiger partial charge in [-0.25, -0.2) is 0 Å². The largest absolute Gasteiger partial charge is 0.488 e. The molecule has 162 valence electrons. The Hall–Kier alpha value is -3.36. The number of carboxylic acids is 1. The zero-order valence-electron chi connectivity index (χ0n) is 16.7. The Morgan fingerprint density at radius 1 is 1.16 bits per heavy atom. The molecule has 0 radical (unpaired) electrons. The van der Waals surface area contributed by atoms with Crippen LogP contribution in [-0.4, -0.2) is 33.6 Å². The van der Waals surface area contributed by atoms with Gasteiger partial charge < -0.3 is 15.2 Å². The van der Waals surface area contributed by atoms with Gasteiger partial charge in [0.2, 0.25) is 5.91 Å². The van der Waals surface area contributed by atoms with Gasteiger partial charge in [0.25, 0.3) is 0 Å². The molecule has 3 aromatic carbocycles. The summed E-state index contributed by atoms with van der Waals surface area (Å²) in [6, 6.07) is 19.1. The molecule has 0 aliphatic carbocycles. The molecule has 1 saturated heterocycles. The first kappa shape index (κ1) is 21.9. The van der Waals surface area contributed by atoms with Crippen molar-refractivity contribution < 1.29 is 19.4 Å². The van der Waals surface area contributed by atoms with E-state index in [4.69, 9.17) is 21.4 Å². The second kappa shape index (κ2) is 9.84. The van der Waals surface area contributed by atoms with Crippen molar-refractivity contribution in [3.63, 3.8) is 0 Å². The smallest absolute Gasteiger partial charge is 0.305 e. The van der Waals surface area contributed by atoms with Crippen LogP contribution >= 0.6 is 23.4 Å². The van der Waals surface area contributed by atoms with Gasteiger partial charge in [0.05, 0.1) is 12.6 Å². The number of thioether (sulfide) groups is 1. The molecule has 4 rings (SSSR count). The maximum absolute atomic E-state index is 11.9. The van der Waals surface area contributed by atoms with Crippen molar-refractivity contribution in [3.8, 4) is 5.75 Å². The molecule has 7 nitrogen and oxygen atoms in total. The zero-order valence-corrected chi connectivity index (χ0v) is 18.3. The van der Waals surface area contributed by atoms with E-state index in [0.29, 0.717) is 10.8 Å². The number of carbonyl (C=O) groups is 2. The molecule has 1 atom stereocenters. The number of amides is 1. The van der Waals surface area contributed by atoms with Gasteiger partial charge in [-0.1, -0.05) is 71.9 Å². The van der Waals surface area contributed by atoms with Crippen LogP contribution in [0.3, 0.4) is 0 Å². The first-order chi connectivity index (χ1) is 15.5. The van der Waals surface area contributed by atoms with Gasteiger partial charge in [-0.2, -0.15) is 5.10 Å². The van der Waals surface area contributed by atoms with Gasteiger partial charge in [-0.05, 0) is 22.9 Å². The van der Waals surface area contributed by atoms with E-state index >= 15 is 0 Å². The molecule has 3 aromatic rings. The summed E-state index contributed by atoms with van der Waals surface area (Å²) in [5, 5.41) is 21.7. The fourth-order valence-corrected chi connectivity index (χ4v) is 4.30. The minimum absolute atomic E-state index is 0.260. The number of hydrogen-bond donors (Lipinski definition) is 2. The molecule has 1 amide bonds. The summed E-state index contributed by atoms with van der Waals surface area (Å²) in [4.78, 5) is 22.7. The summed E-state index contributed by atoms with van der Waals surface area (Å²) >= 11 is 7.29. The fraction of sp³-hybridized carbons (Fsp3) is 0.130. The number of hydrogen-bond acceptors (Lipinski definition) is 6. The number of fused-ring (bicyclic) bond motifs is 1. The van der Waals surface area contributed by atoms with Crippen molar-refractivity contribution in [2.45, 2.75) is 18.3 Å². The number of rotatable bonds is 7. The minimum atomic E-state index is -1.04. The molecule has 1 heterocycles. The predicted molar refractivity (Wildman–Crippen MR) is 127 cm³/mol. The van der Waals surface area contributed by atoms with Crippen LogP contribution in [0.2, 0.25) is 5.02 Å². The third-order valence-corrected chi connectivity index (χ3v) is 6.18. The number of amidine groups is 1. The van der Waals surface area contributed by atoms with Gasteiger partial charge in [0, 0.05) is 16.1 Å². The quantitative estimate of drug-likeness (QED) is 0.394. The summed E-state index contributed by atoms with van der Waals surface area (Å²) in [6.45, 7) is 0.288. The van der Waals surface area contributed by atoms with Gasteiger partial charge in [-0.15, -0.1) is 5.10 Å². The average molecular weight is 468 g/mol. The third kappa shape index (κ3) is 5.09. The second-order valence-electron chi connectivity index (χ2n) is 6.92. The van der Waals surface area contributed by atoms with E-state index in [-0.39, 0.29) is 24.1 Å². The standard InChI is InChI=1S/C23H18ClN3O4S/c24-18-8-4-2-6-15(18)13-31-19-10-9-14-5-1-3-7-16(14)17(19)12-25-27-23-26-22(30)20(32-23)11-21(28)29/h1-10,12,20H,11,13H2,(H,28,29)(H,26,27,30)/b25-12-/t20-/m0/s1. The van der Waals surface area contributed by atoms with E-state index in [0.717, 1.165) is 33.7 Å². The van der Waals surface area contributed by atoms with Crippen LogP contribution in [0.1, 0.15) is 17.5 Å². The van der Waals surface area contributed by atoms with Crippen molar-refractivity contribution in [3.05, 3.63) is 76.8 Å².